The average molecular weight is 310 g/mol. The molecule has 2 rings (SSSR count). The Morgan fingerprint density at radius 2 is 1.90 bits per heavy atom. The van der Waals surface area contributed by atoms with Crippen molar-refractivity contribution in [2.45, 2.75) is 24.2 Å². The number of sulfonamides is 1. The van der Waals surface area contributed by atoms with Crippen molar-refractivity contribution >= 4 is 10.0 Å². The van der Waals surface area contributed by atoms with E-state index in [4.69, 9.17) is 10.00 Å². The van der Waals surface area contributed by atoms with Crippen LogP contribution in [0.2, 0.25) is 0 Å². The Kier molecular flexibility index (Phi) is 4.96. The van der Waals surface area contributed by atoms with Gasteiger partial charge in [0.25, 0.3) is 0 Å². The fourth-order valence-corrected chi connectivity index (χ4v) is 3.34. The zero-order valence-corrected chi connectivity index (χ0v) is 12.4. The monoisotopic (exact) mass is 310 g/mol. The first-order chi connectivity index (χ1) is 9.92. The predicted molar refractivity (Wildman–Crippen MR) is 76.8 cm³/mol. The van der Waals surface area contributed by atoms with Gasteiger partial charge in [0.15, 0.2) is 0 Å². The van der Waals surface area contributed by atoms with E-state index in [0.29, 0.717) is 37.2 Å². The molecule has 1 aliphatic rings. The molecule has 1 aliphatic heterocycles. The Morgan fingerprint density at radius 1 is 1.29 bits per heavy atom. The molecule has 0 radical (unpaired) electrons. The number of aliphatic hydroxyl groups is 1. The van der Waals surface area contributed by atoms with Crippen molar-refractivity contribution in [1.82, 2.24) is 4.72 Å². The largest absolute Gasteiger partial charge is 0.388 e. The van der Waals surface area contributed by atoms with E-state index in [-0.39, 0.29) is 12.3 Å². The van der Waals surface area contributed by atoms with Crippen LogP contribution in [-0.4, -0.2) is 38.9 Å². The minimum absolute atomic E-state index is 0.00499. The molecule has 114 valence electrons. The highest BCUT2D eigenvalue weighted by atomic mass is 32.2. The van der Waals surface area contributed by atoms with E-state index in [1.807, 2.05) is 6.07 Å². The molecule has 6 nitrogen and oxygen atoms in total. The van der Waals surface area contributed by atoms with Crippen molar-refractivity contribution in [3.05, 3.63) is 35.4 Å². The highest BCUT2D eigenvalue weighted by Gasteiger charge is 2.31. The molecule has 0 unspecified atom stereocenters. The average Bonchev–Trinajstić information content (AvgIpc) is 2.47. The van der Waals surface area contributed by atoms with Gasteiger partial charge in [0, 0.05) is 32.6 Å². The Labute approximate surface area is 124 Å². The van der Waals surface area contributed by atoms with Gasteiger partial charge in [-0.05, 0) is 17.7 Å². The maximum Gasteiger partial charge on any atom is 0.215 e. The molecule has 2 N–H and O–H groups in total. The molecular weight excluding hydrogens is 292 g/mol. The van der Waals surface area contributed by atoms with Crippen LogP contribution in [-0.2, 0) is 20.5 Å². The van der Waals surface area contributed by atoms with E-state index < -0.39 is 15.6 Å². The minimum atomic E-state index is -3.53. The predicted octanol–water partition coefficient (Wildman–Crippen LogP) is 0.519. The van der Waals surface area contributed by atoms with E-state index in [1.165, 1.54) is 0 Å². The number of rotatable bonds is 5. The van der Waals surface area contributed by atoms with Crippen LogP contribution in [0.4, 0.5) is 0 Å². The van der Waals surface area contributed by atoms with Gasteiger partial charge in [0.2, 0.25) is 10.0 Å². The summed E-state index contributed by atoms with van der Waals surface area (Å²) in [4.78, 5) is 0. The molecule has 1 aromatic rings. The molecule has 0 saturated carbocycles. The minimum Gasteiger partial charge on any atom is -0.388 e. The molecule has 1 heterocycles. The maximum atomic E-state index is 12.0. The lowest BCUT2D eigenvalue weighted by atomic mass is 9.95. The van der Waals surface area contributed by atoms with Crippen molar-refractivity contribution in [3.63, 3.8) is 0 Å². The van der Waals surface area contributed by atoms with Gasteiger partial charge in [0.1, 0.15) is 0 Å². The van der Waals surface area contributed by atoms with Crippen LogP contribution >= 0.6 is 0 Å². The normalized spacial score (nSPS) is 18.1. The van der Waals surface area contributed by atoms with Crippen LogP contribution in [0, 0.1) is 11.3 Å². The van der Waals surface area contributed by atoms with E-state index in [2.05, 4.69) is 4.72 Å². The number of nitriles is 1. The Bertz CT molecular complexity index is 613. The molecule has 0 spiro atoms. The highest BCUT2D eigenvalue weighted by Crippen LogP contribution is 2.19. The van der Waals surface area contributed by atoms with Gasteiger partial charge in [-0.15, -0.1) is 0 Å². The second kappa shape index (κ2) is 6.54. The van der Waals surface area contributed by atoms with Crippen LogP contribution in [0.15, 0.2) is 24.3 Å². The fraction of sp³-hybridized carbons (Fsp3) is 0.500. The van der Waals surface area contributed by atoms with Crippen molar-refractivity contribution < 1.29 is 18.3 Å². The van der Waals surface area contributed by atoms with Crippen LogP contribution in [0.3, 0.4) is 0 Å². The van der Waals surface area contributed by atoms with E-state index >= 15 is 0 Å². The lowest BCUT2D eigenvalue weighted by molar-refractivity contribution is -0.0588. The molecule has 0 bridgehead atoms. The van der Waals surface area contributed by atoms with Crippen molar-refractivity contribution in [3.8, 4) is 6.07 Å². The molecular formula is C14H18N2O4S. The summed E-state index contributed by atoms with van der Waals surface area (Å²) in [7, 11) is -3.53. The lowest BCUT2D eigenvalue weighted by Gasteiger charge is -2.31. The zero-order chi connectivity index (χ0) is 15.3. The molecule has 21 heavy (non-hydrogen) atoms. The summed E-state index contributed by atoms with van der Waals surface area (Å²) in [5, 5.41) is 18.9. The van der Waals surface area contributed by atoms with Crippen molar-refractivity contribution in [1.29, 1.82) is 5.26 Å². The molecule has 1 fully saturated rings. The molecule has 1 saturated heterocycles. The summed E-state index contributed by atoms with van der Waals surface area (Å²) in [6.07, 6.45) is 0.846. The number of hydrogen-bond donors (Lipinski definition) is 2. The molecule has 0 aromatic heterocycles. The van der Waals surface area contributed by atoms with Crippen LogP contribution in [0.25, 0.3) is 0 Å². The van der Waals surface area contributed by atoms with Gasteiger partial charge in [-0.3, -0.25) is 0 Å². The standard InChI is InChI=1S/C14H18N2O4S/c15-9-12-1-3-13(4-2-12)10-21(18,19)16-11-14(17)5-7-20-8-6-14/h1-4,16-17H,5-8,10-11H2. The third kappa shape index (κ3) is 4.79. The second-order valence-corrected chi connectivity index (χ2v) is 7.03. The van der Waals surface area contributed by atoms with E-state index in [0.717, 1.165) is 0 Å². The quantitative estimate of drug-likeness (QED) is 0.826. The molecule has 1 aromatic carbocycles. The smallest absolute Gasteiger partial charge is 0.215 e. The Hall–Kier alpha value is -1.46. The van der Waals surface area contributed by atoms with Crippen molar-refractivity contribution in [2.24, 2.45) is 0 Å². The highest BCUT2D eigenvalue weighted by molar-refractivity contribution is 7.88. The van der Waals surface area contributed by atoms with Crippen LogP contribution in [0.1, 0.15) is 24.0 Å². The first-order valence-corrected chi connectivity index (χ1v) is 8.34. The van der Waals surface area contributed by atoms with Gasteiger partial charge in [0.05, 0.1) is 23.0 Å². The second-order valence-electron chi connectivity index (χ2n) is 5.23. The summed E-state index contributed by atoms with van der Waals surface area (Å²) in [5.74, 6) is -0.175. The maximum absolute atomic E-state index is 12.0. The van der Waals surface area contributed by atoms with Crippen LogP contribution < -0.4 is 4.72 Å². The SMILES string of the molecule is N#Cc1ccc(CS(=O)(=O)NCC2(O)CCOCC2)cc1. The number of hydrogen-bond acceptors (Lipinski definition) is 5. The summed E-state index contributed by atoms with van der Waals surface area (Å²) in [6, 6.07) is 8.36. The number of ether oxygens (including phenoxy) is 1. The van der Waals surface area contributed by atoms with Gasteiger partial charge >= 0.3 is 0 Å². The van der Waals surface area contributed by atoms with Gasteiger partial charge in [-0.25, -0.2) is 13.1 Å². The topological polar surface area (TPSA) is 99.4 Å². The van der Waals surface area contributed by atoms with E-state index in [9.17, 15) is 13.5 Å². The third-order valence-electron chi connectivity index (χ3n) is 3.48. The van der Waals surface area contributed by atoms with E-state index in [1.54, 1.807) is 24.3 Å². The zero-order valence-electron chi connectivity index (χ0n) is 11.6. The van der Waals surface area contributed by atoms with Crippen LogP contribution in [0.5, 0.6) is 0 Å². The molecule has 7 heteroatoms. The first-order valence-electron chi connectivity index (χ1n) is 6.69. The first kappa shape index (κ1) is 15.9. The summed E-state index contributed by atoms with van der Waals surface area (Å²) >= 11 is 0. The Morgan fingerprint density at radius 3 is 2.48 bits per heavy atom. The fourth-order valence-electron chi connectivity index (χ4n) is 2.12. The lowest BCUT2D eigenvalue weighted by Crippen LogP contribution is -2.46. The van der Waals surface area contributed by atoms with Crippen molar-refractivity contribution in [2.75, 3.05) is 19.8 Å². The van der Waals surface area contributed by atoms with Gasteiger partial charge in [-0.2, -0.15) is 5.26 Å². The molecule has 0 amide bonds. The molecule has 0 atom stereocenters. The Balaban J connectivity index is 1.93. The molecule has 0 aliphatic carbocycles. The number of nitrogens with zero attached hydrogens (tertiary/aromatic N) is 1. The number of nitrogens with one attached hydrogen (secondary N) is 1. The number of benzene rings is 1. The van der Waals surface area contributed by atoms with Gasteiger partial charge in [-0.1, -0.05) is 12.1 Å². The third-order valence-corrected chi connectivity index (χ3v) is 4.78. The summed E-state index contributed by atoms with van der Waals surface area (Å²) in [5.41, 5.74) is 0.0526. The summed E-state index contributed by atoms with van der Waals surface area (Å²) in [6.45, 7) is 0.872. The van der Waals surface area contributed by atoms with Gasteiger partial charge < -0.3 is 9.84 Å². The summed E-state index contributed by atoms with van der Waals surface area (Å²) < 4.78 is 31.6.